The fourth-order valence-electron chi connectivity index (χ4n) is 1.42. The van der Waals surface area contributed by atoms with Gasteiger partial charge in [0.1, 0.15) is 5.82 Å². The summed E-state index contributed by atoms with van der Waals surface area (Å²) in [7, 11) is 0. The van der Waals surface area contributed by atoms with E-state index in [0.717, 1.165) is 5.69 Å². The fourth-order valence-corrected chi connectivity index (χ4v) is 1.42. The number of imidazole rings is 1. The molecule has 1 heterocycles. The van der Waals surface area contributed by atoms with E-state index in [1.165, 1.54) is 6.07 Å². The lowest BCUT2D eigenvalue weighted by molar-refractivity contribution is 0.112. The zero-order valence-electron chi connectivity index (χ0n) is 8.14. The van der Waals surface area contributed by atoms with Crippen LogP contribution in [0.15, 0.2) is 30.7 Å². The Kier molecular flexibility index (Phi) is 2.33. The van der Waals surface area contributed by atoms with E-state index in [1.54, 1.807) is 29.2 Å². The van der Waals surface area contributed by atoms with E-state index in [2.05, 4.69) is 4.98 Å². The van der Waals surface area contributed by atoms with Crippen molar-refractivity contribution in [3.8, 4) is 5.69 Å². The Morgan fingerprint density at radius 3 is 2.87 bits per heavy atom. The molecule has 0 saturated heterocycles. The molecule has 2 rings (SSSR count). The Bertz CT molecular complexity index is 505. The molecule has 3 nitrogen and oxygen atoms in total. The van der Waals surface area contributed by atoms with Crippen molar-refractivity contribution in [1.82, 2.24) is 9.55 Å². The molecule has 0 spiro atoms. The van der Waals surface area contributed by atoms with Gasteiger partial charge in [-0.2, -0.15) is 0 Å². The lowest BCUT2D eigenvalue weighted by Gasteiger charge is -2.05. The minimum absolute atomic E-state index is 0.0508. The van der Waals surface area contributed by atoms with Crippen LogP contribution in [0.3, 0.4) is 0 Å². The average Bonchev–Trinajstić information content (AvgIpc) is 2.64. The Balaban J connectivity index is 2.62. The Morgan fingerprint density at radius 1 is 1.47 bits per heavy atom. The highest BCUT2D eigenvalue weighted by Crippen LogP contribution is 2.16. The molecule has 0 unspecified atom stereocenters. The minimum Gasteiger partial charge on any atom is -0.305 e. The Labute approximate surface area is 86.2 Å². The van der Waals surface area contributed by atoms with Crippen molar-refractivity contribution in [2.45, 2.75) is 6.92 Å². The van der Waals surface area contributed by atoms with Crippen molar-refractivity contribution in [3.05, 3.63) is 47.8 Å². The minimum atomic E-state index is -0.520. The molecular weight excluding hydrogens is 195 g/mol. The first-order chi connectivity index (χ1) is 7.22. The van der Waals surface area contributed by atoms with Gasteiger partial charge in [-0.05, 0) is 19.1 Å². The largest absolute Gasteiger partial charge is 0.305 e. The first-order valence-electron chi connectivity index (χ1n) is 4.47. The lowest BCUT2D eigenvalue weighted by Crippen LogP contribution is -1.99. The summed E-state index contributed by atoms with van der Waals surface area (Å²) in [6, 6.07) is 4.50. The second-order valence-electron chi connectivity index (χ2n) is 3.21. The molecule has 2 aromatic rings. The highest BCUT2D eigenvalue weighted by Gasteiger charge is 2.08. The summed E-state index contributed by atoms with van der Waals surface area (Å²) in [6.45, 7) is 1.83. The molecule has 4 heteroatoms. The number of halogens is 1. The van der Waals surface area contributed by atoms with E-state index in [1.807, 2.05) is 6.92 Å². The molecule has 0 fully saturated rings. The van der Waals surface area contributed by atoms with Gasteiger partial charge in [-0.15, -0.1) is 0 Å². The summed E-state index contributed by atoms with van der Waals surface area (Å²) < 4.78 is 14.9. The van der Waals surface area contributed by atoms with Crippen LogP contribution < -0.4 is 0 Å². The molecule has 1 aromatic heterocycles. The summed E-state index contributed by atoms with van der Waals surface area (Å²) in [5.41, 5.74) is 1.37. The molecule has 0 N–H and O–H groups in total. The fraction of sp³-hybridized carbons (Fsp3) is 0.0909. The van der Waals surface area contributed by atoms with E-state index in [-0.39, 0.29) is 5.56 Å². The summed E-state index contributed by atoms with van der Waals surface area (Å²) >= 11 is 0. The Morgan fingerprint density at radius 2 is 2.27 bits per heavy atom. The van der Waals surface area contributed by atoms with Crippen LogP contribution >= 0.6 is 0 Å². The van der Waals surface area contributed by atoms with Gasteiger partial charge in [0.2, 0.25) is 0 Å². The number of hydrogen-bond donors (Lipinski definition) is 0. The van der Waals surface area contributed by atoms with Crippen molar-refractivity contribution in [1.29, 1.82) is 0 Å². The van der Waals surface area contributed by atoms with Crippen LogP contribution in [0.25, 0.3) is 5.69 Å². The zero-order valence-corrected chi connectivity index (χ0v) is 8.14. The van der Waals surface area contributed by atoms with E-state index < -0.39 is 5.82 Å². The third-order valence-electron chi connectivity index (χ3n) is 2.14. The van der Waals surface area contributed by atoms with E-state index in [0.29, 0.717) is 12.0 Å². The second kappa shape index (κ2) is 3.65. The third kappa shape index (κ3) is 1.66. The maximum atomic E-state index is 13.3. The smallest absolute Gasteiger partial charge is 0.155 e. The SMILES string of the molecule is Cc1cn(-c2cccc(F)c2C=O)cn1. The standard InChI is InChI=1S/C11H9FN2O/c1-8-5-14(7-13-8)11-4-2-3-10(12)9(11)6-15/h2-7H,1H3. The average molecular weight is 204 g/mol. The van der Waals surface area contributed by atoms with E-state index >= 15 is 0 Å². The summed E-state index contributed by atoms with van der Waals surface area (Å²) in [6.07, 6.45) is 3.80. The van der Waals surface area contributed by atoms with Crippen LogP contribution in [0.2, 0.25) is 0 Å². The van der Waals surface area contributed by atoms with Gasteiger partial charge in [0.15, 0.2) is 6.29 Å². The van der Waals surface area contributed by atoms with Crippen LogP contribution in [0.4, 0.5) is 4.39 Å². The summed E-state index contributed by atoms with van der Waals surface area (Å²) in [5, 5.41) is 0. The number of benzene rings is 1. The number of aryl methyl sites for hydroxylation is 1. The second-order valence-corrected chi connectivity index (χ2v) is 3.21. The molecule has 0 atom stereocenters. The zero-order chi connectivity index (χ0) is 10.8. The van der Waals surface area contributed by atoms with Crippen LogP contribution in [0, 0.1) is 12.7 Å². The first kappa shape index (κ1) is 9.58. The predicted molar refractivity (Wildman–Crippen MR) is 53.6 cm³/mol. The third-order valence-corrected chi connectivity index (χ3v) is 2.14. The molecule has 0 aliphatic heterocycles. The molecule has 0 aliphatic carbocycles. The van der Waals surface area contributed by atoms with Gasteiger partial charge < -0.3 is 4.57 Å². The maximum absolute atomic E-state index is 13.3. The number of hydrogen-bond acceptors (Lipinski definition) is 2. The quantitative estimate of drug-likeness (QED) is 0.702. The lowest BCUT2D eigenvalue weighted by atomic mass is 10.2. The van der Waals surface area contributed by atoms with E-state index in [4.69, 9.17) is 0 Å². The maximum Gasteiger partial charge on any atom is 0.155 e. The molecule has 15 heavy (non-hydrogen) atoms. The van der Waals surface area contributed by atoms with Crippen molar-refractivity contribution >= 4 is 6.29 Å². The highest BCUT2D eigenvalue weighted by atomic mass is 19.1. The summed E-state index contributed by atoms with van der Waals surface area (Å²) in [5.74, 6) is -0.520. The van der Waals surface area contributed by atoms with Gasteiger partial charge in [-0.3, -0.25) is 4.79 Å². The normalized spacial score (nSPS) is 10.3. The van der Waals surface area contributed by atoms with E-state index in [9.17, 15) is 9.18 Å². The van der Waals surface area contributed by atoms with Gasteiger partial charge >= 0.3 is 0 Å². The van der Waals surface area contributed by atoms with Gasteiger partial charge in [0, 0.05) is 6.20 Å². The van der Waals surface area contributed by atoms with Gasteiger partial charge in [-0.25, -0.2) is 9.37 Å². The van der Waals surface area contributed by atoms with Gasteiger partial charge in [0.25, 0.3) is 0 Å². The van der Waals surface area contributed by atoms with Crippen molar-refractivity contribution < 1.29 is 9.18 Å². The van der Waals surface area contributed by atoms with Crippen LogP contribution in [0.5, 0.6) is 0 Å². The van der Waals surface area contributed by atoms with Crippen LogP contribution in [-0.2, 0) is 0 Å². The van der Waals surface area contributed by atoms with Gasteiger partial charge in [-0.1, -0.05) is 6.07 Å². The number of carbonyl (C=O) groups excluding carboxylic acids is 1. The van der Waals surface area contributed by atoms with Crippen molar-refractivity contribution in [2.75, 3.05) is 0 Å². The van der Waals surface area contributed by atoms with Crippen molar-refractivity contribution in [3.63, 3.8) is 0 Å². The van der Waals surface area contributed by atoms with Crippen molar-refractivity contribution in [2.24, 2.45) is 0 Å². The molecule has 0 saturated carbocycles. The Hall–Kier alpha value is -1.97. The predicted octanol–water partition coefficient (Wildman–Crippen LogP) is 2.13. The molecule has 0 aliphatic rings. The number of aldehydes is 1. The van der Waals surface area contributed by atoms with Crippen LogP contribution in [-0.4, -0.2) is 15.8 Å². The highest BCUT2D eigenvalue weighted by molar-refractivity contribution is 5.81. The molecule has 0 radical (unpaired) electrons. The molecule has 0 amide bonds. The van der Waals surface area contributed by atoms with Crippen LogP contribution in [0.1, 0.15) is 16.1 Å². The molecular formula is C11H9FN2O. The topological polar surface area (TPSA) is 34.9 Å². The monoisotopic (exact) mass is 204 g/mol. The number of nitrogens with zero attached hydrogens (tertiary/aromatic N) is 2. The number of rotatable bonds is 2. The molecule has 76 valence electrons. The van der Waals surface area contributed by atoms with Gasteiger partial charge in [0.05, 0.1) is 23.3 Å². The summed E-state index contributed by atoms with van der Waals surface area (Å²) in [4.78, 5) is 14.8. The first-order valence-corrected chi connectivity index (χ1v) is 4.47. The molecule has 0 bridgehead atoms. The number of carbonyl (C=O) groups is 1. The molecule has 1 aromatic carbocycles. The number of aromatic nitrogens is 2.